The molecule has 0 aliphatic carbocycles. The molecule has 8 heteroatoms. The lowest BCUT2D eigenvalue weighted by Crippen LogP contribution is -2.55. The van der Waals surface area contributed by atoms with E-state index >= 15 is 0 Å². The number of rotatable bonds is 4. The monoisotopic (exact) mass is 400 g/mol. The highest BCUT2D eigenvalue weighted by Gasteiger charge is 2.48. The standard InChI is InChI=1S/C21H28N4O4/c1-4-23(5-2)19(27)17-14-25-12-9-22-20(25)21(29-17)7-10-24(11-8-21)18(26)16-6-13-28-15(16)3/h6,9,12-13,17H,4-5,7-8,10-11,14H2,1-3H3. The first-order valence-electron chi connectivity index (χ1n) is 10.3. The number of fused-ring (bicyclic) bond motifs is 2. The van der Waals surface area contributed by atoms with Crippen molar-refractivity contribution in [3.05, 3.63) is 41.9 Å². The SMILES string of the molecule is CCN(CC)C(=O)C1Cn2ccnc2C2(CCN(C(=O)c3ccoc3C)CC2)O1. The zero-order chi connectivity index (χ0) is 20.6. The van der Waals surface area contributed by atoms with Crippen LogP contribution in [0.1, 0.15) is 48.6 Å². The number of imidazole rings is 1. The number of likely N-dealkylation sites (tertiary alicyclic amines) is 1. The van der Waals surface area contributed by atoms with Crippen molar-refractivity contribution >= 4 is 11.8 Å². The minimum absolute atomic E-state index is 0.0150. The molecule has 29 heavy (non-hydrogen) atoms. The summed E-state index contributed by atoms with van der Waals surface area (Å²) >= 11 is 0. The lowest BCUT2D eigenvalue weighted by atomic mass is 9.88. The van der Waals surface area contributed by atoms with Crippen molar-refractivity contribution in [3.63, 3.8) is 0 Å². The van der Waals surface area contributed by atoms with Gasteiger partial charge in [-0.15, -0.1) is 0 Å². The molecule has 2 aromatic rings. The molecule has 1 atom stereocenters. The summed E-state index contributed by atoms with van der Waals surface area (Å²) in [6.07, 6.45) is 5.89. The number of nitrogens with zero attached hydrogens (tertiary/aromatic N) is 4. The quantitative estimate of drug-likeness (QED) is 0.786. The highest BCUT2D eigenvalue weighted by atomic mass is 16.5. The molecule has 0 bridgehead atoms. The van der Waals surface area contributed by atoms with Gasteiger partial charge in [-0.2, -0.15) is 0 Å². The molecule has 0 N–H and O–H groups in total. The van der Waals surface area contributed by atoms with Crippen LogP contribution in [0, 0.1) is 6.92 Å². The third-order valence-corrected chi connectivity index (χ3v) is 6.15. The Labute approximate surface area is 170 Å². The highest BCUT2D eigenvalue weighted by molar-refractivity contribution is 5.95. The number of carbonyl (C=O) groups is 2. The van der Waals surface area contributed by atoms with E-state index in [1.165, 1.54) is 0 Å². The van der Waals surface area contributed by atoms with Gasteiger partial charge in [0.1, 0.15) is 17.2 Å². The molecule has 0 aromatic carbocycles. The molecule has 1 fully saturated rings. The lowest BCUT2D eigenvalue weighted by Gasteiger charge is -2.46. The fourth-order valence-electron chi connectivity index (χ4n) is 4.45. The van der Waals surface area contributed by atoms with E-state index in [1.54, 1.807) is 30.4 Å². The topological polar surface area (TPSA) is 80.8 Å². The lowest BCUT2D eigenvalue weighted by molar-refractivity contribution is -0.179. The second-order valence-electron chi connectivity index (χ2n) is 7.70. The number of furan rings is 1. The third kappa shape index (κ3) is 3.35. The van der Waals surface area contributed by atoms with Crippen molar-refractivity contribution in [2.75, 3.05) is 26.2 Å². The smallest absolute Gasteiger partial charge is 0.257 e. The summed E-state index contributed by atoms with van der Waals surface area (Å²) in [4.78, 5) is 34.0. The van der Waals surface area contributed by atoms with Gasteiger partial charge in [0, 0.05) is 51.4 Å². The maximum absolute atomic E-state index is 13.0. The molecule has 1 unspecified atom stereocenters. The van der Waals surface area contributed by atoms with E-state index < -0.39 is 11.7 Å². The van der Waals surface area contributed by atoms with Crippen molar-refractivity contribution in [1.29, 1.82) is 0 Å². The number of aryl methyl sites for hydroxylation is 1. The van der Waals surface area contributed by atoms with E-state index in [0.29, 0.717) is 56.9 Å². The molecule has 1 spiro atoms. The predicted molar refractivity (Wildman–Crippen MR) is 105 cm³/mol. The van der Waals surface area contributed by atoms with Crippen LogP contribution in [0.2, 0.25) is 0 Å². The average Bonchev–Trinajstić information content (AvgIpc) is 3.38. The van der Waals surface area contributed by atoms with Crippen LogP contribution in [0.25, 0.3) is 0 Å². The third-order valence-electron chi connectivity index (χ3n) is 6.15. The second-order valence-corrected chi connectivity index (χ2v) is 7.70. The van der Waals surface area contributed by atoms with Crippen LogP contribution in [-0.2, 0) is 21.7 Å². The minimum atomic E-state index is -0.641. The van der Waals surface area contributed by atoms with Gasteiger partial charge < -0.3 is 23.5 Å². The van der Waals surface area contributed by atoms with Crippen LogP contribution >= 0.6 is 0 Å². The number of hydrogen-bond acceptors (Lipinski definition) is 5. The Hall–Kier alpha value is -2.61. The van der Waals surface area contributed by atoms with Gasteiger partial charge in [0.2, 0.25) is 0 Å². The first kappa shape index (κ1) is 19.7. The van der Waals surface area contributed by atoms with Gasteiger partial charge >= 0.3 is 0 Å². The summed E-state index contributed by atoms with van der Waals surface area (Å²) in [6.45, 7) is 8.63. The summed E-state index contributed by atoms with van der Waals surface area (Å²) in [5, 5.41) is 0. The molecule has 4 heterocycles. The van der Waals surface area contributed by atoms with Crippen LogP contribution in [0.15, 0.2) is 29.1 Å². The van der Waals surface area contributed by atoms with Crippen molar-refractivity contribution < 1.29 is 18.7 Å². The molecule has 2 amide bonds. The Balaban J connectivity index is 1.54. The molecule has 156 valence electrons. The van der Waals surface area contributed by atoms with Crippen LogP contribution in [0.5, 0.6) is 0 Å². The molecule has 8 nitrogen and oxygen atoms in total. The summed E-state index contributed by atoms with van der Waals surface area (Å²) in [5.74, 6) is 1.47. The molecule has 0 radical (unpaired) electrons. The van der Waals surface area contributed by atoms with E-state index in [9.17, 15) is 9.59 Å². The summed E-state index contributed by atoms with van der Waals surface area (Å²) in [6, 6.07) is 1.71. The molecule has 2 aromatic heterocycles. The molecule has 0 saturated carbocycles. The van der Waals surface area contributed by atoms with Gasteiger partial charge in [-0.25, -0.2) is 4.98 Å². The number of amides is 2. The Kier molecular flexibility index (Phi) is 5.21. The number of aromatic nitrogens is 2. The fourth-order valence-corrected chi connectivity index (χ4v) is 4.45. The van der Waals surface area contributed by atoms with Crippen LogP contribution in [0.3, 0.4) is 0 Å². The molecule has 1 saturated heterocycles. The van der Waals surface area contributed by atoms with Gasteiger partial charge in [0.25, 0.3) is 11.8 Å². The zero-order valence-electron chi connectivity index (χ0n) is 17.3. The first-order valence-corrected chi connectivity index (χ1v) is 10.3. The first-order chi connectivity index (χ1) is 14.0. The number of ether oxygens (including phenoxy) is 1. The highest BCUT2D eigenvalue weighted by Crippen LogP contribution is 2.40. The largest absolute Gasteiger partial charge is 0.469 e. The molecule has 2 aliphatic heterocycles. The number of hydrogen-bond donors (Lipinski definition) is 0. The maximum atomic E-state index is 13.0. The fraction of sp³-hybridized carbons (Fsp3) is 0.571. The van der Waals surface area contributed by atoms with E-state index in [0.717, 1.165) is 5.82 Å². The maximum Gasteiger partial charge on any atom is 0.257 e. The van der Waals surface area contributed by atoms with Gasteiger partial charge in [0.05, 0.1) is 18.4 Å². The molecular weight excluding hydrogens is 372 g/mol. The van der Waals surface area contributed by atoms with Gasteiger partial charge in [-0.3, -0.25) is 9.59 Å². The molecular formula is C21H28N4O4. The van der Waals surface area contributed by atoms with E-state index in [1.807, 2.05) is 29.5 Å². The van der Waals surface area contributed by atoms with Gasteiger partial charge in [-0.05, 0) is 26.8 Å². The van der Waals surface area contributed by atoms with Crippen LogP contribution in [-0.4, -0.2) is 63.4 Å². The molecule has 4 rings (SSSR count). The number of likely N-dealkylation sites (N-methyl/N-ethyl adjacent to an activating group) is 1. The Morgan fingerprint density at radius 2 is 2.00 bits per heavy atom. The summed E-state index contributed by atoms with van der Waals surface area (Å²) in [5.41, 5.74) is -0.0427. The number of piperidine rings is 1. The predicted octanol–water partition coefficient (Wildman–Crippen LogP) is 2.18. The summed E-state index contributed by atoms with van der Waals surface area (Å²) < 4.78 is 13.8. The number of carbonyl (C=O) groups excluding carboxylic acids is 2. The van der Waals surface area contributed by atoms with Crippen LogP contribution < -0.4 is 0 Å². The van der Waals surface area contributed by atoms with Gasteiger partial charge in [-0.1, -0.05) is 0 Å². The Morgan fingerprint density at radius 3 is 2.62 bits per heavy atom. The van der Waals surface area contributed by atoms with Crippen molar-refractivity contribution in [2.45, 2.75) is 51.9 Å². The van der Waals surface area contributed by atoms with Crippen LogP contribution in [0.4, 0.5) is 0 Å². The average molecular weight is 400 g/mol. The molecule has 2 aliphatic rings. The minimum Gasteiger partial charge on any atom is -0.469 e. The van der Waals surface area contributed by atoms with Crippen molar-refractivity contribution in [3.8, 4) is 0 Å². The normalized spacial score (nSPS) is 20.5. The van der Waals surface area contributed by atoms with Crippen molar-refractivity contribution in [1.82, 2.24) is 19.4 Å². The summed E-state index contributed by atoms with van der Waals surface area (Å²) in [7, 11) is 0. The van der Waals surface area contributed by atoms with Crippen molar-refractivity contribution in [2.24, 2.45) is 0 Å². The van der Waals surface area contributed by atoms with E-state index in [4.69, 9.17) is 9.15 Å². The van der Waals surface area contributed by atoms with Gasteiger partial charge in [0.15, 0.2) is 6.10 Å². The van der Waals surface area contributed by atoms with E-state index in [-0.39, 0.29) is 11.8 Å². The van der Waals surface area contributed by atoms with E-state index in [2.05, 4.69) is 4.98 Å². The second kappa shape index (κ2) is 7.67. The zero-order valence-corrected chi connectivity index (χ0v) is 17.3. The Bertz CT molecular complexity index is 890. The Morgan fingerprint density at radius 1 is 1.28 bits per heavy atom.